The van der Waals surface area contributed by atoms with Crippen molar-refractivity contribution in [1.82, 2.24) is 4.90 Å². The van der Waals surface area contributed by atoms with Crippen molar-refractivity contribution >= 4 is 12.1 Å². The number of fused-ring (bicyclic) bond motifs is 2. The zero-order valence-electron chi connectivity index (χ0n) is 20.2. The Labute approximate surface area is 197 Å². The highest BCUT2D eigenvalue weighted by Gasteiger charge is 2.47. The maximum Gasteiger partial charge on any atom is 0.409 e. The van der Waals surface area contributed by atoms with Gasteiger partial charge in [-0.15, -0.1) is 0 Å². The number of carbonyl (C=O) groups is 2. The van der Waals surface area contributed by atoms with Crippen LogP contribution in [0.3, 0.4) is 0 Å². The average molecular weight is 462 g/mol. The van der Waals surface area contributed by atoms with Gasteiger partial charge in [0.05, 0.1) is 6.10 Å². The number of rotatable bonds is 11. The predicted octanol–water partition coefficient (Wildman–Crippen LogP) is 4.29. The van der Waals surface area contributed by atoms with E-state index in [0.29, 0.717) is 17.6 Å². The molecule has 0 unspecified atom stereocenters. The summed E-state index contributed by atoms with van der Waals surface area (Å²) in [6.45, 7) is 1.81. The van der Waals surface area contributed by atoms with Gasteiger partial charge in [0.25, 0.3) is 0 Å². The van der Waals surface area contributed by atoms with Crippen molar-refractivity contribution in [3.05, 3.63) is 29.3 Å². The number of carbonyl (C=O) groups excluding carboxylic acids is 1. The number of hydrogen-bond donors (Lipinski definition) is 2. The molecule has 2 N–H and O–H groups in total. The summed E-state index contributed by atoms with van der Waals surface area (Å²) in [4.78, 5) is 24.8. The summed E-state index contributed by atoms with van der Waals surface area (Å²) >= 11 is 0. The Hall–Kier alpha value is -2.28. The fraction of sp³-hybridized carbons (Fsp3) is 0.692. The number of aliphatic hydroxyl groups excluding tert-OH is 1. The molecule has 3 rings (SSSR count). The molecule has 0 bridgehead atoms. The number of amides is 1. The van der Waals surface area contributed by atoms with Crippen molar-refractivity contribution in [2.45, 2.75) is 76.9 Å². The first kappa shape index (κ1) is 25.3. The van der Waals surface area contributed by atoms with Crippen molar-refractivity contribution in [3.63, 3.8) is 0 Å². The highest BCUT2D eigenvalue weighted by molar-refractivity contribution is 5.68. The third-order valence-corrected chi connectivity index (χ3v) is 7.26. The topological polar surface area (TPSA) is 96.3 Å². The van der Waals surface area contributed by atoms with Crippen molar-refractivity contribution in [1.29, 1.82) is 0 Å². The fourth-order valence-electron chi connectivity index (χ4n) is 5.58. The molecular weight excluding hydrogens is 422 g/mol. The summed E-state index contributed by atoms with van der Waals surface area (Å²) in [7, 11) is 3.39. The number of aliphatic carboxylic acids is 1. The summed E-state index contributed by atoms with van der Waals surface area (Å²) in [5.74, 6) is 0.570. The Morgan fingerprint density at radius 1 is 1.18 bits per heavy atom. The van der Waals surface area contributed by atoms with Crippen LogP contribution in [0.15, 0.2) is 18.2 Å². The molecule has 5 atom stereocenters. The molecule has 0 radical (unpaired) electrons. The molecule has 7 heteroatoms. The predicted molar refractivity (Wildman–Crippen MR) is 125 cm³/mol. The van der Waals surface area contributed by atoms with Crippen LogP contribution in [-0.4, -0.2) is 60.1 Å². The van der Waals surface area contributed by atoms with Crippen LogP contribution in [0.1, 0.15) is 63.0 Å². The molecule has 184 valence electrons. The lowest BCUT2D eigenvalue weighted by Gasteiger charge is -2.33. The molecule has 0 spiro atoms. The number of carboxylic acids is 1. The number of aliphatic hydroxyl groups is 1. The van der Waals surface area contributed by atoms with E-state index in [2.05, 4.69) is 13.0 Å². The molecule has 0 heterocycles. The van der Waals surface area contributed by atoms with Gasteiger partial charge >= 0.3 is 12.1 Å². The Balaban J connectivity index is 1.74. The van der Waals surface area contributed by atoms with Crippen molar-refractivity contribution in [3.8, 4) is 5.75 Å². The van der Waals surface area contributed by atoms with Gasteiger partial charge in [-0.05, 0) is 73.5 Å². The van der Waals surface area contributed by atoms with Gasteiger partial charge in [0.2, 0.25) is 0 Å². The van der Waals surface area contributed by atoms with Crippen molar-refractivity contribution in [2.24, 2.45) is 17.8 Å². The maximum absolute atomic E-state index is 12.4. The number of unbranched alkanes of at least 4 members (excludes halogenated alkanes) is 2. The van der Waals surface area contributed by atoms with E-state index in [1.165, 1.54) is 10.5 Å². The standard InChI is InChI=1S/C26H39NO6/c1-4-5-6-9-19(28)11-12-20-21-13-17-8-7-10-23(32-16-25(29)30)22(17)14-18(21)15-24(20)33-26(31)27(2)3/h7-8,10,18-21,24,28H,4-6,9,11-16H2,1-3H3,(H,29,30)/t18-,19-,20+,21-,24+/m0/s1. The van der Waals surface area contributed by atoms with Crippen LogP contribution in [0.5, 0.6) is 5.75 Å². The molecule has 1 aromatic carbocycles. The van der Waals surface area contributed by atoms with Gasteiger partial charge in [0.15, 0.2) is 6.61 Å². The Morgan fingerprint density at radius 3 is 2.67 bits per heavy atom. The molecule has 1 aromatic rings. The molecule has 2 aliphatic rings. The number of hydrogen-bond acceptors (Lipinski definition) is 5. The summed E-state index contributed by atoms with van der Waals surface area (Å²) in [5.41, 5.74) is 2.27. The molecule has 1 amide bonds. The normalized spacial score (nSPS) is 24.5. The lowest BCUT2D eigenvalue weighted by atomic mass is 9.73. The minimum Gasteiger partial charge on any atom is -0.482 e. The lowest BCUT2D eigenvalue weighted by molar-refractivity contribution is -0.139. The SMILES string of the molecule is CCCCC[C@H](O)CC[C@@H]1[C@H]2Cc3cccc(OCC(=O)O)c3C[C@H]2C[C@H]1OC(=O)N(C)C. The van der Waals surface area contributed by atoms with E-state index in [1.54, 1.807) is 14.1 Å². The number of ether oxygens (including phenoxy) is 2. The maximum atomic E-state index is 12.4. The van der Waals surface area contributed by atoms with E-state index in [9.17, 15) is 14.7 Å². The molecule has 33 heavy (non-hydrogen) atoms. The van der Waals surface area contributed by atoms with Gasteiger partial charge in [-0.2, -0.15) is 0 Å². The third-order valence-electron chi connectivity index (χ3n) is 7.26. The first-order chi connectivity index (χ1) is 15.8. The molecule has 1 saturated carbocycles. The molecule has 0 aromatic heterocycles. The second kappa shape index (κ2) is 11.7. The van der Waals surface area contributed by atoms with E-state index >= 15 is 0 Å². The summed E-state index contributed by atoms with van der Waals surface area (Å²) < 4.78 is 11.5. The van der Waals surface area contributed by atoms with Gasteiger partial charge in [-0.1, -0.05) is 38.3 Å². The highest BCUT2D eigenvalue weighted by Crippen LogP contribution is 2.49. The van der Waals surface area contributed by atoms with Gasteiger partial charge in [-0.3, -0.25) is 0 Å². The van der Waals surface area contributed by atoms with Crippen LogP contribution in [0.25, 0.3) is 0 Å². The first-order valence-corrected chi connectivity index (χ1v) is 12.3. The molecule has 7 nitrogen and oxygen atoms in total. The van der Waals surface area contributed by atoms with E-state index in [1.807, 2.05) is 12.1 Å². The van der Waals surface area contributed by atoms with Crippen molar-refractivity contribution in [2.75, 3.05) is 20.7 Å². The van der Waals surface area contributed by atoms with E-state index in [4.69, 9.17) is 14.6 Å². The number of nitrogens with zero attached hydrogens (tertiary/aromatic N) is 1. The molecule has 2 aliphatic carbocycles. The molecule has 0 aliphatic heterocycles. The quantitative estimate of drug-likeness (QED) is 0.477. The Bertz CT molecular complexity index is 810. The van der Waals surface area contributed by atoms with Gasteiger partial charge in [0.1, 0.15) is 11.9 Å². The van der Waals surface area contributed by atoms with E-state index < -0.39 is 5.97 Å². The van der Waals surface area contributed by atoms with Crippen molar-refractivity contribution < 1.29 is 29.3 Å². The van der Waals surface area contributed by atoms with E-state index in [-0.39, 0.29) is 30.8 Å². The zero-order chi connectivity index (χ0) is 24.0. The second-order valence-corrected chi connectivity index (χ2v) is 9.85. The minimum absolute atomic E-state index is 0.171. The monoisotopic (exact) mass is 461 g/mol. The largest absolute Gasteiger partial charge is 0.482 e. The zero-order valence-corrected chi connectivity index (χ0v) is 20.2. The average Bonchev–Trinajstić information content (AvgIpc) is 3.10. The minimum atomic E-state index is -0.990. The van der Waals surface area contributed by atoms with Gasteiger partial charge in [0, 0.05) is 14.1 Å². The summed E-state index contributed by atoms with van der Waals surface area (Å²) in [6, 6.07) is 5.85. The van der Waals surface area contributed by atoms with Crippen LogP contribution < -0.4 is 4.74 Å². The summed E-state index contributed by atoms with van der Waals surface area (Å²) in [6.07, 6.45) is 7.33. The molecular formula is C26H39NO6. The fourth-order valence-corrected chi connectivity index (χ4v) is 5.58. The smallest absolute Gasteiger partial charge is 0.409 e. The van der Waals surface area contributed by atoms with Crippen LogP contribution in [0.2, 0.25) is 0 Å². The summed E-state index contributed by atoms with van der Waals surface area (Å²) in [5, 5.41) is 19.5. The van der Waals surface area contributed by atoms with E-state index in [0.717, 1.165) is 63.4 Å². The highest BCUT2D eigenvalue weighted by atomic mass is 16.6. The van der Waals surface area contributed by atoms with Crippen LogP contribution in [0, 0.1) is 17.8 Å². The van der Waals surface area contributed by atoms with Crippen LogP contribution in [0.4, 0.5) is 4.79 Å². The van der Waals surface area contributed by atoms with Gasteiger partial charge in [-0.25, -0.2) is 9.59 Å². The Kier molecular flexibility index (Phi) is 9.01. The van der Waals surface area contributed by atoms with Crippen LogP contribution in [-0.2, 0) is 22.4 Å². The molecule has 0 saturated heterocycles. The Morgan fingerprint density at radius 2 is 1.97 bits per heavy atom. The number of carboxylic acid groups (broad SMARTS) is 1. The number of benzene rings is 1. The first-order valence-electron chi connectivity index (χ1n) is 12.3. The third kappa shape index (κ3) is 6.62. The van der Waals surface area contributed by atoms with Gasteiger partial charge < -0.3 is 24.6 Å². The van der Waals surface area contributed by atoms with Crippen LogP contribution >= 0.6 is 0 Å². The lowest BCUT2D eigenvalue weighted by Crippen LogP contribution is -2.32. The molecule has 1 fully saturated rings. The second-order valence-electron chi connectivity index (χ2n) is 9.85.